The van der Waals surface area contributed by atoms with E-state index in [0.717, 1.165) is 0 Å². The van der Waals surface area contributed by atoms with Crippen molar-refractivity contribution in [3.05, 3.63) is 0 Å². The Balaban J connectivity index is 0. The molecule has 6 heavy (non-hydrogen) atoms. The van der Waals surface area contributed by atoms with Gasteiger partial charge in [0, 0.05) is 4.87 Å². The molecule has 0 N–H and O–H groups in total. The number of alkyl halides is 1. The summed E-state index contributed by atoms with van der Waals surface area (Å²) < 4.78 is 0. The van der Waals surface area contributed by atoms with Crippen molar-refractivity contribution in [2.75, 3.05) is 0 Å². The van der Waals surface area contributed by atoms with E-state index in [1.165, 1.54) is 0 Å². The molecule has 0 saturated heterocycles. The molecule has 0 amide bonds. The standard InChI is InChI=1S/C4H9Cl.Mg.2H/c1-4(2,3)5;;;/h1-3H3;;;. The largest absolute Gasteiger partial charge is 0.316 e. The minimum Gasteiger partial charge on any atom is -0.120 e. The number of halogens is 1. The number of rotatable bonds is 0. The predicted molar refractivity (Wildman–Crippen MR) is 34.1 cm³/mol. The fraction of sp³-hybridized carbons (Fsp3) is 1.00. The van der Waals surface area contributed by atoms with Crippen molar-refractivity contribution in [2.24, 2.45) is 0 Å². The molecule has 0 unspecified atom stereocenters. The maximum absolute atomic E-state index is 5.53. The van der Waals surface area contributed by atoms with Crippen LogP contribution < -0.4 is 0 Å². The van der Waals surface area contributed by atoms with Crippen molar-refractivity contribution >= 4 is 34.7 Å². The molecular weight excluding hydrogens is 108 g/mol. The van der Waals surface area contributed by atoms with Gasteiger partial charge in [0.1, 0.15) is 0 Å². The minimum absolute atomic E-state index is 0. The first kappa shape index (κ1) is 10.1. The zero-order chi connectivity index (χ0) is 4.50. The molecule has 0 bridgehead atoms. The maximum atomic E-state index is 5.53. The molecule has 2 heteroatoms. The van der Waals surface area contributed by atoms with Crippen LogP contribution in [0.3, 0.4) is 0 Å². The number of hydrogen-bond donors (Lipinski definition) is 0. The van der Waals surface area contributed by atoms with Crippen LogP contribution in [0.2, 0.25) is 0 Å². The number of hydrogen-bond acceptors (Lipinski definition) is 0. The highest BCUT2D eigenvalue weighted by atomic mass is 35.5. The van der Waals surface area contributed by atoms with Gasteiger partial charge in [-0.2, -0.15) is 0 Å². The fourth-order valence-corrected chi connectivity index (χ4v) is 0. The Morgan fingerprint density at radius 2 is 1.17 bits per heavy atom. The van der Waals surface area contributed by atoms with E-state index in [4.69, 9.17) is 11.6 Å². The van der Waals surface area contributed by atoms with Crippen LogP contribution in [0.1, 0.15) is 20.8 Å². The van der Waals surface area contributed by atoms with Gasteiger partial charge in [-0.3, -0.25) is 0 Å². The second-order valence-electron chi connectivity index (χ2n) is 2.07. The van der Waals surface area contributed by atoms with Crippen LogP contribution in [0.15, 0.2) is 0 Å². The van der Waals surface area contributed by atoms with E-state index in [1.807, 2.05) is 20.8 Å². The van der Waals surface area contributed by atoms with Crippen molar-refractivity contribution < 1.29 is 0 Å². The maximum Gasteiger partial charge on any atom is 0.316 e. The lowest BCUT2D eigenvalue weighted by Crippen LogP contribution is -1.99. The van der Waals surface area contributed by atoms with Gasteiger partial charge in [0.15, 0.2) is 0 Å². The molecule has 0 fully saturated rings. The molecule has 0 heterocycles. The second kappa shape index (κ2) is 3.11. The summed E-state index contributed by atoms with van der Waals surface area (Å²) in [5.41, 5.74) is 0. The van der Waals surface area contributed by atoms with Gasteiger partial charge >= 0.3 is 23.1 Å². The summed E-state index contributed by atoms with van der Waals surface area (Å²) in [6, 6.07) is 0. The smallest absolute Gasteiger partial charge is 0.120 e. The van der Waals surface area contributed by atoms with E-state index in [1.54, 1.807) is 0 Å². The van der Waals surface area contributed by atoms with Crippen molar-refractivity contribution in [1.29, 1.82) is 0 Å². The molecule has 0 aliphatic rings. The lowest BCUT2D eigenvalue weighted by atomic mass is 10.3. The third kappa shape index (κ3) is 74.6. The van der Waals surface area contributed by atoms with E-state index >= 15 is 0 Å². The third-order valence-corrected chi connectivity index (χ3v) is 0. The zero-order valence-corrected chi connectivity index (χ0v) is 4.63. The normalized spacial score (nSPS) is 10.0. The van der Waals surface area contributed by atoms with Crippen molar-refractivity contribution in [2.45, 2.75) is 25.6 Å². The first-order chi connectivity index (χ1) is 2.00. The summed E-state index contributed by atoms with van der Waals surface area (Å²) in [5, 5.41) is 0. The van der Waals surface area contributed by atoms with Gasteiger partial charge in [-0.05, 0) is 20.8 Å². The summed E-state index contributed by atoms with van der Waals surface area (Å²) in [5.74, 6) is 0. The fourth-order valence-electron chi connectivity index (χ4n) is 0. The van der Waals surface area contributed by atoms with E-state index in [0.29, 0.717) is 0 Å². The van der Waals surface area contributed by atoms with E-state index < -0.39 is 0 Å². The lowest BCUT2D eigenvalue weighted by Gasteiger charge is -2.01. The molecule has 0 radical (unpaired) electrons. The first-order valence-corrected chi connectivity index (χ1v) is 2.07. The minimum atomic E-state index is -0.0278. The van der Waals surface area contributed by atoms with Crippen LogP contribution >= 0.6 is 11.6 Å². The van der Waals surface area contributed by atoms with Gasteiger partial charge in [-0.1, -0.05) is 0 Å². The Morgan fingerprint density at radius 3 is 1.17 bits per heavy atom. The second-order valence-corrected chi connectivity index (χ2v) is 3.20. The van der Waals surface area contributed by atoms with Gasteiger partial charge in [0.2, 0.25) is 0 Å². The highest BCUT2D eigenvalue weighted by Crippen LogP contribution is 2.07. The molecule has 0 aromatic rings. The monoisotopic (exact) mass is 118 g/mol. The van der Waals surface area contributed by atoms with Crippen LogP contribution in [0.25, 0.3) is 0 Å². The van der Waals surface area contributed by atoms with Gasteiger partial charge in [-0.25, -0.2) is 0 Å². The average molecular weight is 119 g/mol. The quantitative estimate of drug-likeness (QED) is 0.331. The Kier molecular flexibility index (Phi) is 5.25. The Morgan fingerprint density at radius 1 is 1.17 bits per heavy atom. The third-order valence-electron chi connectivity index (χ3n) is 0. The van der Waals surface area contributed by atoms with Crippen LogP contribution in [0.5, 0.6) is 0 Å². The van der Waals surface area contributed by atoms with Crippen molar-refractivity contribution in [3.63, 3.8) is 0 Å². The van der Waals surface area contributed by atoms with Crippen LogP contribution in [-0.2, 0) is 0 Å². The Hall–Kier alpha value is 1.06. The molecule has 0 saturated carbocycles. The summed E-state index contributed by atoms with van der Waals surface area (Å²) in [4.78, 5) is -0.0278. The summed E-state index contributed by atoms with van der Waals surface area (Å²) in [7, 11) is 0. The summed E-state index contributed by atoms with van der Waals surface area (Å²) >= 11 is 5.53. The lowest BCUT2D eigenvalue weighted by molar-refractivity contribution is 0.788. The highest BCUT2D eigenvalue weighted by molar-refractivity contribution is 6.23. The first-order valence-electron chi connectivity index (χ1n) is 1.69. The van der Waals surface area contributed by atoms with E-state index in [-0.39, 0.29) is 27.9 Å². The highest BCUT2D eigenvalue weighted by Gasteiger charge is 1.99. The molecular formula is C4H11ClMg. The van der Waals surface area contributed by atoms with Crippen LogP contribution in [0.4, 0.5) is 0 Å². The van der Waals surface area contributed by atoms with Gasteiger partial charge < -0.3 is 0 Å². The molecule has 0 rings (SSSR count). The van der Waals surface area contributed by atoms with E-state index in [9.17, 15) is 0 Å². The summed E-state index contributed by atoms with van der Waals surface area (Å²) in [6.45, 7) is 5.86. The molecule has 0 nitrogen and oxygen atoms in total. The molecule has 0 aromatic heterocycles. The topological polar surface area (TPSA) is 0 Å². The Labute approximate surface area is 60.4 Å². The van der Waals surface area contributed by atoms with E-state index in [2.05, 4.69) is 0 Å². The van der Waals surface area contributed by atoms with Gasteiger partial charge in [-0.15, -0.1) is 11.6 Å². The molecule has 0 aliphatic heterocycles. The Bertz CT molecular complexity index is 23.0. The van der Waals surface area contributed by atoms with Crippen molar-refractivity contribution in [1.82, 2.24) is 0 Å². The van der Waals surface area contributed by atoms with Gasteiger partial charge in [0.05, 0.1) is 0 Å². The van der Waals surface area contributed by atoms with Gasteiger partial charge in [0.25, 0.3) is 0 Å². The molecule has 0 aliphatic carbocycles. The molecule has 36 valence electrons. The van der Waals surface area contributed by atoms with Crippen LogP contribution in [-0.4, -0.2) is 27.9 Å². The summed E-state index contributed by atoms with van der Waals surface area (Å²) in [6.07, 6.45) is 0. The van der Waals surface area contributed by atoms with Crippen LogP contribution in [0, 0.1) is 0 Å². The molecule has 0 atom stereocenters. The predicted octanol–water partition coefficient (Wildman–Crippen LogP) is 1.11. The van der Waals surface area contributed by atoms with Crippen molar-refractivity contribution in [3.8, 4) is 0 Å². The molecule has 0 spiro atoms. The SMILES string of the molecule is CC(C)(C)Cl.[MgH2]. The zero-order valence-electron chi connectivity index (χ0n) is 3.88. The molecule has 0 aromatic carbocycles. The average Bonchev–Trinajstić information content (AvgIpc) is 0.722.